The van der Waals surface area contributed by atoms with Crippen molar-refractivity contribution in [2.75, 3.05) is 18.0 Å². The standard InChI is InChI=1S/C32H39N7/c1-4-5-19-32(29-34-36-37-35-29)20-11-15-25(28(32)24-13-7-6-8-14-24)22-39-27-17-10-9-16-26(27)33-30(39)38-21-12-18-31(2,3)23-38/h6-11,13-17,20,28H,4-5,12,18-19,21-23H2,1-3H3,(H,34,35,36,37). The smallest absolute Gasteiger partial charge is 0.206 e. The number of benzene rings is 2. The van der Waals surface area contributed by atoms with Crippen molar-refractivity contribution >= 4 is 17.0 Å². The number of tetrazole rings is 1. The maximum Gasteiger partial charge on any atom is 0.206 e. The van der Waals surface area contributed by atoms with Crippen molar-refractivity contribution in [3.8, 4) is 0 Å². The molecule has 0 saturated carbocycles. The van der Waals surface area contributed by atoms with Crippen LogP contribution in [0.15, 0.2) is 78.4 Å². The number of para-hydroxylation sites is 2. The van der Waals surface area contributed by atoms with Gasteiger partial charge in [0, 0.05) is 25.6 Å². The zero-order chi connectivity index (χ0) is 26.9. The summed E-state index contributed by atoms with van der Waals surface area (Å²) in [5, 5.41) is 15.9. The van der Waals surface area contributed by atoms with E-state index in [0.29, 0.717) is 0 Å². The Morgan fingerprint density at radius 1 is 1.05 bits per heavy atom. The van der Waals surface area contributed by atoms with E-state index in [1.54, 1.807) is 0 Å². The van der Waals surface area contributed by atoms with Crippen molar-refractivity contribution < 1.29 is 0 Å². The Labute approximate surface area is 231 Å². The van der Waals surface area contributed by atoms with Crippen molar-refractivity contribution in [3.63, 3.8) is 0 Å². The first-order valence-electron chi connectivity index (χ1n) is 14.4. The lowest BCUT2D eigenvalue weighted by Gasteiger charge is -2.41. The second-order valence-corrected chi connectivity index (χ2v) is 12.0. The van der Waals surface area contributed by atoms with Gasteiger partial charge in [0.1, 0.15) is 0 Å². The van der Waals surface area contributed by atoms with Gasteiger partial charge in [0.2, 0.25) is 5.95 Å². The minimum atomic E-state index is -0.377. The Kier molecular flexibility index (Phi) is 6.83. The van der Waals surface area contributed by atoms with Crippen LogP contribution >= 0.6 is 0 Å². The summed E-state index contributed by atoms with van der Waals surface area (Å²) in [6, 6.07) is 19.4. The van der Waals surface area contributed by atoms with Crippen molar-refractivity contribution in [1.82, 2.24) is 30.2 Å². The molecule has 6 rings (SSSR count). The van der Waals surface area contributed by atoms with E-state index in [1.807, 2.05) is 0 Å². The van der Waals surface area contributed by atoms with Gasteiger partial charge in [-0.15, -0.1) is 10.2 Å². The van der Waals surface area contributed by atoms with Gasteiger partial charge in [0.15, 0.2) is 5.82 Å². The molecule has 1 aliphatic heterocycles. The third-order valence-electron chi connectivity index (χ3n) is 8.59. The molecule has 1 fully saturated rings. The fourth-order valence-corrected chi connectivity index (χ4v) is 6.78. The molecule has 1 N–H and O–H groups in total. The molecule has 0 radical (unpaired) electrons. The normalized spacial score (nSPS) is 22.8. The van der Waals surface area contributed by atoms with E-state index in [0.717, 1.165) is 56.2 Å². The molecule has 0 spiro atoms. The zero-order valence-corrected chi connectivity index (χ0v) is 23.3. The molecule has 3 heterocycles. The van der Waals surface area contributed by atoms with Crippen LogP contribution in [0.1, 0.15) is 70.2 Å². The number of hydrogen-bond donors (Lipinski definition) is 1. The van der Waals surface area contributed by atoms with Gasteiger partial charge in [-0.05, 0) is 47.9 Å². The first kappa shape index (κ1) is 25.5. The number of piperidine rings is 1. The molecule has 4 aromatic rings. The average Bonchev–Trinajstić information content (AvgIpc) is 3.61. The number of imidazole rings is 1. The molecule has 7 heteroatoms. The van der Waals surface area contributed by atoms with E-state index < -0.39 is 0 Å². The first-order chi connectivity index (χ1) is 19.0. The summed E-state index contributed by atoms with van der Waals surface area (Å²) in [5.41, 5.74) is 4.74. The van der Waals surface area contributed by atoms with E-state index in [-0.39, 0.29) is 16.7 Å². The molecule has 39 heavy (non-hydrogen) atoms. The monoisotopic (exact) mass is 521 g/mol. The van der Waals surface area contributed by atoms with E-state index in [9.17, 15) is 0 Å². The Balaban J connectivity index is 1.48. The number of anilines is 1. The molecule has 2 aliphatic rings. The molecule has 0 bridgehead atoms. The molecule has 1 aliphatic carbocycles. The van der Waals surface area contributed by atoms with Crippen molar-refractivity contribution in [2.45, 2.75) is 70.8 Å². The Morgan fingerprint density at radius 3 is 2.64 bits per heavy atom. The molecule has 2 atom stereocenters. The number of allylic oxidation sites excluding steroid dienone is 4. The van der Waals surface area contributed by atoms with Crippen LogP contribution in [0.3, 0.4) is 0 Å². The summed E-state index contributed by atoms with van der Waals surface area (Å²) in [5.74, 6) is 1.92. The third kappa shape index (κ3) is 4.79. The molecule has 2 unspecified atom stereocenters. The maximum absolute atomic E-state index is 5.20. The van der Waals surface area contributed by atoms with Crippen LogP contribution in [-0.2, 0) is 12.0 Å². The van der Waals surface area contributed by atoms with Gasteiger partial charge in [-0.25, -0.2) is 4.98 Å². The lowest BCUT2D eigenvalue weighted by molar-refractivity contribution is 0.289. The van der Waals surface area contributed by atoms with Crippen LogP contribution in [0, 0.1) is 5.41 Å². The van der Waals surface area contributed by atoms with Crippen LogP contribution in [0.4, 0.5) is 5.95 Å². The number of aromatic nitrogens is 6. The van der Waals surface area contributed by atoms with E-state index >= 15 is 0 Å². The summed E-state index contributed by atoms with van der Waals surface area (Å²) >= 11 is 0. The Bertz CT molecular complexity index is 1460. The van der Waals surface area contributed by atoms with E-state index in [4.69, 9.17) is 4.98 Å². The molecule has 2 aromatic heterocycles. The second-order valence-electron chi connectivity index (χ2n) is 12.0. The number of nitrogens with one attached hydrogen (secondary N) is 1. The summed E-state index contributed by atoms with van der Waals surface area (Å²) in [6.45, 7) is 9.80. The Morgan fingerprint density at radius 2 is 1.87 bits per heavy atom. The highest BCUT2D eigenvalue weighted by Crippen LogP contribution is 2.49. The number of nitrogens with zero attached hydrogens (tertiary/aromatic N) is 6. The van der Waals surface area contributed by atoms with Gasteiger partial charge in [0.05, 0.1) is 16.4 Å². The van der Waals surface area contributed by atoms with Crippen LogP contribution < -0.4 is 4.90 Å². The lowest BCUT2D eigenvalue weighted by Crippen LogP contribution is -2.41. The van der Waals surface area contributed by atoms with Crippen LogP contribution in [0.25, 0.3) is 11.0 Å². The number of aromatic amines is 1. The highest BCUT2D eigenvalue weighted by atomic mass is 15.5. The molecule has 0 amide bonds. The predicted molar refractivity (Wildman–Crippen MR) is 157 cm³/mol. The van der Waals surface area contributed by atoms with Gasteiger partial charge >= 0.3 is 0 Å². The van der Waals surface area contributed by atoms with E-state index in [2.05, 4.69) is 124 Å². The second kappa shape index (κ2) is 10.4. The molecule has 1 saturated heterocycles. The van der Waals surface area contributed by atoms with Crippen LogP contribution in [-0.4, -0.2) is 43.3 Å². The summed E-state index contributed by atoms with van der Waals surface area (Å²) < 4.78 is 2.44. The largest absolute Gasteiger partial charge is 0.342 e. The van der Waals surface area contributed by atoms with Gasteiger partial charge < -0.3 is 9.47 Å². The quantitative estimate of drug-likeness (QED) is 0.283. The van der Waals surface area contributed by atoms with Gasteiger partial charge in [0.25, 0.3) is 0 Å². The number of rotatable bonds is 8. The SMILES string of the molecule is CCCCC1(c2nn[nH]n2)C=CC=C(Cn2c(N3CCCC(C)(C)C3)nc3ccccc32)C1c1ccccc1. The van der Waals surface area contributed by atoms with Crippen molar-refractivity contribution in [3.05, 3.63) is 89.8 Å². The highest BCUT2D eigenvalue weighted by Gasteiger charge is 2.45. The van der Waals surface area contributed by atoms with Crippen LogP contribution in [0.2, 0.25) is 0 Å². The molecule has 2 aromatic carbocycles. The van der Waals surface area contributed by atoms with Gasteiger partial charge in [-0.1, -0.05) is 99.5 Å². The minimum Gasteiger partial charge on any atom is -0.342 e. The fourth-order valence-electron chi connectivity index (χ4n) is 6.78. The molecular formula is C32H39N7. The fraction of sp³-hybridized carbons (Fsp3) is 0.438. The zero-order valence-electron chi connectivity index (χ0n) is 23.3. The summed E-state index contributed by atoms with van der Waals surface area (Å²) in [4.78, 5) is 7.71. The molecule has 7 nitrogen and oxygen atoms in total. The highest BCUT2D eigenvalue weighted by molar-refractivity contribution is 5.79. The van der Waals surface area contributed by atoms with Crippen molar-refractivity contribution in [1.29, 1.82) is 0 Å². The van der Waals surface area contributed by atoms with Gasteiger partial charge in [-0.3, -0.25) is 0 Å². The third-order valence-corrected chi connectivity index (χ3v) is 8.59. The first-order valence-corrected chi connectivity index (χ1v) is 14.4. The number of fused-ring (bicyclic) bond motifs is 1. The lowest BCUT2D eigenvalue weighted by atomic mass is 9.63. The predicted octanol–water partition coefficient (Wildman–Crippen LogP) is 6.58. The number of hydrogen-bond acceptors (Lipinski definition) is 5. The molecular weight excluding hydrogens is 482 g/mol. The minimum absolute atomic E-state index is 0.0830. The van der Waals surface area contributed by atoms with E-state index in [1.165, 1.54) is 29.5 Å². The topological polar surface area (TPSA) is 75.5 Å². The summed E-state index contributed by atoms with van der Waals surface area (Å²) in [7, 11) is 0. The molecule has 202 valence electrons. The van der Waals surface area contributed by atoms with Crippen LogP contribution in [0.5, 0.6) is 0 Å². The summed E-state index contributed by atoms with van der Waals surface area (Å²) in [6.07, 6.45) is 12.4. The number of unbranched alkanes of at least 4 members (excludes halogenated alkanes) is 1. The van der Waals surface area contributed by atoms with Gasteiger partial charge in [-0.2, -0.15) is 5.21 Å². The number of H-pyrrole nitrogens is 1. The Hall–Kier alpha value is -3.74. The maximum atomic E-state index is 5.20. The van der Waals surface area contributed by atoms with Crippen molar-refractivity contribution in [2.24, 2.45) is 5.41 Å². The average molecular weight is 522 g/mol.